The zero-order valence-corrected chi connectivity index (χ0v) is 15.7. The standard InChI is InChI=1S/C16H19BrN2O3S/c1-4-18-16-19(5-2)15(21)13(23-16)8-10-7-11(17)9-12(14(10)20)22-6-3/h7-9,20H,4-6H2,1-3H3/b13-8-,18-16?. The van der Waals surface area contributed by atoms with Crippen LogP contribution in [0.25, 0.3) is 6.08 Å². The number of phenolic OH excluding ortho intramolecular Hbond substituents is 1. The summed E-state index contributed by atoms with van der Waals surface area (Å²) in [6, 6.07) is 3.46. The highest BCUT2D eigenvalue weighted by Gasteiger charge is 2.32. The summed E-state index contributed by atoms with van der Waals surface area (Å²) in [6.07, 6.45) is 1.68. The quantitative estimate of drug-likeness (QED) is 0.764. The van der Waals surface area contributed by atoms with Crippen LogP contribution in [0, 0.1) is 0 Å². The Morgan fingerprint density at radius 2 is 2.13 bits per heavy atom. The lowest BCUT2D eigenvalue weighted by Crippen LogP contribution is -2.28. The third-order valence-electron chi connectivity index (χ3n) is 3.15. The Morgan fingerprint density at radius 3 is 2.74 bits per heavy atom. The van der Waals surface area contributed by atoms with Crippen LogP contribution in [0.3, 0.4) is 0 Å². The maximum atomic E-state index is 12.5. The van der Waals surface area contributed by atoms with Gasteiger partial charge in [0.25, 0.3) is 5.91 Å². The lowest BCUT2D eigenvalue weighted by Gasteiger charge is -2.11. The van der Waals surface area contributed by atoms with Gasteiger partial charge in [0.05, 0.1) is 11.5 Å². The molecule has 1 saturated heterocycles. The Kier molecular flexibility index (Phi) is 6.12. The smallest absolute Gasteiger partial charge is 0.266 e. The Bertz CT molecular complexity index is 674. The van der Waals surface area contributed by atoms with E-state index in [0.717, 1.165) is 4.47 Å². The van der Waals surface area contributed by atoms with E-state index in [0.29, 0.717) is 41.1 Å². The van der Waals surface area contributed by atoms with E-state index in [1.54, 1.807) is 23.1 Å². The summed E-state index contributed by atoms with van der Waals surface area (Å²) < 4.78 is 6.19. The number of likely N-dealkylation sites (N-methyl/N-ethyl adjacent to an activating group) is 1. The second-order valence-electron chi connectivity index (χ2n) is 4.69. The van der Waals surface area contributed by atoms with E-state index >= 15 is 0 Å². The van der Waals surface area contributed by atoms with Crippen molar-refractivity contribution in [1.29, 1.82) is 0 Å². The second-order valence-corrected chi connectivity index (χ2v) is 6.62. The zero-order valence-electron chi connectivity index (χ0n) is 13.3. The Morgan fingerprint density at radius 1 is 1.39 bits per heavy atom. The highest BCUT2D eigenvalue weighted by atomic mass is 79.9. The molecule has 0 atom stereocenters. The monoisotopic (exact) mass is 398 g/mol. The molecule has 23 heavy (non-hydrogen) atoms. The molecule has 7 heteroatoms. The molecule has 0 aromatic heterocycles. The van der Waals surface area contributed by atoms with Gasteiger partial charge in [-0.05, 0) is 50.7 Å². The van der Waals surface area contributed by atoms with E-state index < -0.39 is 0 Å². The van der Waals surface area contributed by atoms with Gasteiger partial charge in [-0.15, -0.1) is 0 Å². The minimum absolute atomic E-state index is 0.0277. The Labute approximate surface area is 148 Å². The Hall–Kier alpha value is -1.47. The number of nitrogens with zero attached hydrogens (tertiary/aromatic N) is 2. The van der Waals surface area contributed by atoms with Crippen molar-refractivity contribution >= 4 is 44.8 Å². The number of halogens is 1. The van der Waals surface area contributed by atoms with Crippen molar-refractivity contribution in [3.63, 3.8) is 0 Å². The SMILES string of the molecule is CCN=C1S/C(=C\c2cc(Br)cc(OCC)c2O)C(=O)N1CC. The van der Waals surface area contributed by atoms with Crippen molar-refractivity contribution < 1.29 is 14.6 Å². The predicted molar refractivity (Wildman–Crippen MR) is 97.9 cm³/mol. The predicted octanol–water partition coefficient (Wildman–Crippen LogP) is 3.87. The third kappa shape index (κ3) is 3.90. The molecule has 0 bridgehead atoms. The van der Waals surface area contributed by atoms with Gasteiger partial charge in [0.2, 0.25) is 0 Å². The summed E-state index contributed by atoms with van der Waals surface area (Å²) in [7, 11) is 0. The molecule has 124 valence electrons. The summed E-state index contributed by atoms with van der Waals surface area (Å²) >= 11 is 4.72. The molecule has 1 fully saturated rings. The number of hydrogen-bond donors (Lipinski definition) is 1. The molecule has 0 radical (unpaired) electrons. The molecule has 0 saturated carbocycles. The number of aliphatic imine (C=N–C) groups is 1. The number of carbonyl (C=O) groups is 1. The van der Waals surface area contributed by atoms with E-state index in [2.05, 4.69) is 20.9 Å². The zero-order chi connectivity index (χ0) is 17.0. The lowest BCUT2D eigenvalue weighted by molar-refractivity contribution is -0.122. The first-order valence-corrected chi connectivity index (χ1v) is 9.03. The number of phenols is 1. The fourth-order valence-electron chi connectivity index (χ4n) is 2.15. The van der Waals surface area contributed by atoms with Crippen LogP contribution >= 0.6 is 27.7 Å². The first-order valence-electron chi connectivity index (χ1n) is 7.42. The van der Waals surface area contributed by atoms with Gasteiger partial charge in [-0.1, -0.05) is 15.9 Å². The molecule has 0 spiro atoms. The molecule has 1 aromatic rings. The van der Waals surface area contributed by atoms with Crippen molar-refractivity contribution in [3.05, 3.63) is 27.1 Å². The van der Waals surface area contributed by atoms with Gasteiger partial charge in [-0.2, -0.15) is 0 Å². The molecule has 1 N–H and O–H groups in total. The van der Waals surface area contributed by atoms with Crippen molar-refractivity contribution in [2.45, 2.75) is 20.8 Å². The first kappa shape index (κ1) is 17.9. The number of amidine groups is 1. The summed E-state index contributed by atoms with van der Waals surface area (Å²) in [6.45, 7) is 7.33. The number of hydrogen-bond acceptors (Lipinski definition) is 5. The average Bonchev–Trinajstić information content (AvgIpc) is 2.80. The normalized spacial score (nSPS) is 18.3. The topological polar surface area (TPSA) is 62.1 Å². The molecule has 1 amide bonds. The summed E-state index contributed by atoms with van der Waals surface area (Å²) in [5, 5.41) is 11.0. The fraction of sp³-hybridized carbons (Fsp3) is 0.375. The van der Waals surface area contributed by atoms with Crippen LogP contribution in [0.5, 0.6) is 11.5 Å². The fourth-order valence-corrected chi connectivity index (χ4v) is 3.70. The van der Waals surface area contributed by atoms with Crippen molar-refractivity contribution in [3.8, 4) is 11.5 Å². The van der Waals surface area contributed by atoms with Crippen LogP contribution in [-0.2, 0) is 4.79 Å². The first-order chi connectivity index (χ1) is 11.0. The molecule has 0 unspecified atom stereocenters. The van der Waals surface area contributed by atoms with Gasteiger partial charge in [0, 0.05) is 23.1 Å². The molecule has 1 aliphatic rings. The molecule has 1 aromatic carbocycles. The molecular weight excluding hydrogens is 380 g/mol. The van der Waals surface area contributed by atoms with Gasteiger partial charge < -0.3 is 9.84 Å². The number of rotatable bonds is 5. The van der Waals surface area contributed by atoms with Gasteiger partial charge in [-0.3, -0.25) is 14.7 Å². The van der Waals surface area contributed by atoms with Crippen LogP contribution in [0.1, 0.15) is 26.3 Å². The maximum Gasteiger partial charge on any atom is 0.266 e. The van der Waals surface area contributed by atoms with E-state index in [1.165, 1.54) is 11.8 Å². The molecular formula is C16H19BrN2O3S. The van der Waals surface area contributed by atoms with Crippen molar-refractivity contribution in [2.75, 3.05) is 19.7 Å². The molecule has 1 heterocycles. The molecule has 1 aliphatic heterocycles. The number of amides is 1. The third-order valence-corrected chi connectivity index (χ3v) is 4.66. The molecule has 5 nitrogen and oxygen atoms in total. The average molecular weight is 399 g/mol. The summed E-state index contributed by atoms with van der Waals surface area (Å²) in [5.41, 5.74) is 0.535. The van der Waals surface area contributed by atoms with Crippen LogP contribution in [0.4, 0.5) is 0 Å². The number of thioether (sulfide) groups is 1. The minimum atomic E-state index is -0.0953. The lowest BCUT2D eigenvalue weighted by atomic mass is 10.1. The van der Waals surface area contributed by atoms with E-state index in [4.69, 9.17) is 4.74 Å². The minimum Gasteiger partial charge on any atom is -0.504 e. The number of ether oxygens (including phenoxy) is 1. The van der Waals surface area contributed by atoms with Gasteiger partial charge in [0.15, 0.2) is 16.7 Å². The van der Waals surface area contributed by atoms with Gasteiger partial charge in [-0.25, -0.2) is 0 Å². The van der Waals surface area contributed by atoms with Crippen molar-refractivity contribution in [2.24, 2.45) is 4.99 Å². The van der Waals surface area contributed by atoms with Crippen LogP contribution in [0.15, 0.2) is 26.5 Å². The highest BCUT2D eigenvalue weighted by Crippen LogP contribution is 2.38. The largest absolute Gasteiger partial charge is 0.504 e. The van der Waals surface area contributed by atoms with E-state index in [-0.39, 0.29) is 11.7 Å². The second kappa shape index (κ2) is 7.88. The van der Waals surface area contributed by atoms with Gasteiger partial charge in [0.1, 0.15) is 0 Å². The summed E-state index contributed by atoms with van der Waals surface area (Å²) in [5.74, 6) is 0.320. The number of carbonyl (C=O) groups excluding carboxylic acids is 1. The highest BCUT2D eigenvalue weighted by molar-refractivity contribution is 9.10. The molecule has 0 aliphatic carbocycles. The van der Waals surface area contributed by atoms with Crippen LogP contribution in [0.2, 0.25) is 0 Å². The van der Waals surface area contributed by atoms with E-state index in [9.17, 15) is 9.90 Å². The summed E-state index contributed by atoms with van der Waals surface area (Å²) in [4.78, 5) is 19.0. The van der Waals surface area contributed by atoms with E-state index in [1.807, 2.05) is 20.8 Å². The van der Waals surface area contributed by atoms with Crippen LogP contribution in [-0.4, -0.2) is 40.8 Å². The van der Waals surface area contributed by atoms with Crippen LogP contribution < -0.4 is 4.74 Å². The van der Waals surface area contributed by atoms with Crippen molar-refractivity contribution in [1.82, 2.24) is 4.90 Å². The number of aromatic hydroxyl groups is 1. The number of benzene rings is 1. The maximum absolute atomic E-state index is 12.5. The Balaban J connectivity index is 2.42. The van der Waals surface area contributed by atoms with Gasteiger partial charge >= 0.3 is 0 Å². The molecule has 2 rings (SSSR count).